The molecule has 0 aliphatic heterocycles. The third kappa shape index (κ3) is 2.38. The highest BCUT2D eigenvalue weighted by atomic mass is 32.2. The largest absolute Gasteiger partial charge is 0.397 e. The number of nitrogens with two attached hydrogens (primary N) is 1. The molecule has 3 N–H and O–H groups in total. The summed E-state index contributed by atoms with van der Waals surface area (Å²) in [5.74, 6) is -0.0466. The van der Waals surface area contributed by atoms with Gasteiger partial charge in [-0.2, -0.15) is 11.8 Å². The lowest BCUT2D eigenvalue weighted by molar-refractivity contribution is 0.0943. The molecule has 20 heavy (non-hydrogen) atoms. The van der Waals surface area contributed by atoms with Crippen molar-refractivity contribution in [2.24, 2.45) is 0 Å². The van der Waals surface area contributed by atoms with Crippen molar-refractivity contribution in [2.75, 3.05) is 12.0 Å². The van der Waals surface area contributed by atoms with Crippen LogP contribution in [-0.2, 0) is 0 Å². The molecule has 1 fully saturated rings. The zero-order valence-corrected chi connectivity index (χ0v) is 12.9. The number of amides is 1. The van der Waals surface area contributed by atoms with Crippen LogP contribution in [-0.4, -0.2) is 28.4 Å². The van der Waals surface area contributed by atoms with Crippen molar-refractivity contribution < 1.29 is 4.79 Å². The van der Waals surface area contributed by atoms with Gasteiger partial charge in [-0.05, 0) is 25.2 Å². The van der Waals surface area contributed by atoms with Crippen LogP contribution in [0.3, 0.4) is 0 Å². The maximum absolute atomic E-state index is 12.4. The Morgan fingerprint density at radius 2 is 2.40 bits per heavy atom. The Bertz CT molecular complexity index is 640. The smallest absolute Gasteiger partial charge is 0.263 e. The zero-order chi connectivity index (χ0) is 14.1. The summed E-state index contributed by atoms with van der Waals surface area (Å²) in [7, 11) is 0. The van der Waals surface area contributed by atoms with Gasteiger partial charge in [-0.15, -0.1) is 11.3 Å². The zero-order valence-electron chi connectivity index (χ0n) is 11.3. The molecule has 6 heteroatoms. The summed E-state index contributed by atoms with van der Waals surface area (Å²) >= 11 is 3.25. The van der Waals surface area contributed by atoms with Gasteiger partial charge in [0.25, 0.3) is 5.91 Å². The number of aromatic nitrogens is 1. The van der Waals surface area contributed by atoms with E-state index in [1.165, 1.54) is 24.2 Å². The van der Waals surface area contributed by atoms with Crippen LogP contribution < -0.4 is 11.1 Å². The van der Waals surface area contributed by atoms with E-state index in [0.29, 0.717) is 15.8 Å². The van der Waals surface area contributed by atoms with Gasteiger partial charge in [-0.25, -0.2) is 0 Å². The maximum atomic E-state index is 12.4. The molecule has 1 aliphatic rings. The molecule has 0 radical (unpaired) electrons. The maximum Gasteiger partial charge on any atom is 0.263 e. The summed E-state index contributed by atoms with van der Waals surface area (Å²) < 4.78 is 0.961. The molecule has 1 saturated carbocycles. The molecular formula is C14H17N3OS2. The normalized spacial score (nSPS) is 22.2. The Labute approximate surface area is 126 Å². The highest BCUT2D eigenvalue weighted by molar-refractivity contribution is 7.99. The van der Waals surface area contributed by atoms with E-state index in [-0.39, 0.29) is 11.9 Å². The van der Waals surface area contributed by atoms with Crippen molar-refractivity contribution in [3.63, 3.8) is 0 Å². The molecule has 2 heterocycles. The van der Waals surface area contributed by atoms with Crippen LogP contribution in [0.15, 0.2) is 18.5 Å². The van der Waals surface area contributed by atoms with Crippen LogP contribution in [0, 0.1) is 0 Å². The number of pyridine rings is 1. The van der Waals surface area contributed by atoms with Gasteiger partial charge in [-0.1, -0.05) is 6.42 Å². The molecule has 106 valence electrons. The van der Waals surface area contributed by atoms with Gasteiger partial charge in [0.05, 0.1) is 10.4 Å². The predicted molar refractivity (Wildman–Crippen MR) is 86.4 cm³/mol. The number of anilines is 1. The van der Waals surface area contributed by atoms with Crippen LogP contribution in [0.4, 0.5) is 5.69 Å². The first kappa shape index (κ1) is 13.7. The number of fused-ring (bicyclic) bond motifs is 1. The van der Waals surface area contributed by atoms with E-state index < -0.39 is 0 Å². The van der Waals surface area contributed by atoms with Gasteiger partial charge in [0, 0.05) is 29.1 Å². The van der Waals surface area contributed by atoms with Crippen LogP contribution in [0.5, 0.6) is 0 Å². The van der Waals surface area contributed by atoms with Gasteiger partial charge in [0.15, 0.2) is 0 Å². The lowest BCUT2D eigenvalue weighted by atomic mass is 10.2. The Morgan fingerprint density at radius 1 is 1.55 bits per heavy atom. The summed E-state index contributed by atoms with van der Waals surface area (Å²) in [6.45, 7) is 0. The molecule has 2 aromatic heterocycles. The molecule has 2 aromatic rings. The lowest BCUT2D eigenvalue weighted by Gasteiger charge is -2.18. The van der Waals surface area contributed by atoms with Gasteiger partial charge in [0.1, 0.15) is 4.88 Å². The Morgan fingerprint density at radius 3 is 3.15 bits per heavy atom. The van der Waals surface area contributed by atoms with Crippen molar-refractivity contribution in [1.29, 1.82) is 0 Å². The molecule has 1 amide bonds. The molecule has 0 spiro atoms. The number of nitrogens with zero attached hydrogens (tertiary/aromatic N) is 1. The number of nitrogen functional groups attached to an aromatic ring is 1. The second-order valence-corrected chi connectivity index (χ2v) is 7.13. The van der Waals surface area contributed by atoms with Crippen molar-refractivity contribution in [2.45, 2.75) is 30.6 Å². The fourth-order valence-electron chi connectivity index (χ4n) is 2.75. The lowest BCUT2D eigenvalue weighted by Crippen LogP contribution is -2.38. The Balaban J connectivity index is 1.84. The molecule has 3 rings (SSSR count). The van der Waals surface area contributed by atoms with E-state index in [9.17, 15) is 4.79 Å². The van der Waals surface area contributed by atoms with Crippen LogP contribution in [0.25, 0.3) is 10.1 Å². The summed E-state index contributed by atoms with van der Waals surface area (Å²) in [5.41, 5.74) is 6.67. The van der Waals surface area contributed by atoms with Crippen molar-refractivity contribution in [1.82, 2.24) is 10.3 Å². The first-order chi connectivity index (χ1) is 9.70. The second-order valence-electron chi connectivity index (χ2n) is 5.00. The first-order valence-corrected chi connectivity index (χ1v) is 8.76. The minimum atomic E-state index is -0.0466. The van der Waals surface area contributed by atoms with Crippen LogP contribution in [0.2, 0.25) is 0 Å². The number of carbonyl (C=O) groups is 1. The van der Waals surface area contributed by atoms with E-state index >= 15 is 0 Å². The molecule has 2 unspecified atom stereocenters. The second kappa shape index (κ2) is 5.61. The fourth-order valence-corrected chi connectivity index (χ4v) is 4.67. The van der Waals surface area contributed by atoms with E-state index in [4.69, 9.17) is 5.73 Å². The van der Waals surface area contributed by atoms with E-state index in [1.54, 1.807) is 12.4 Å². The molecule has 0 bridgehead atoms. The number of hydrogen-bond acceptors (Lipinski definition) is 5. The summed E-state index contributed by atoms with van der Waals surface area (Å²) in [5, 5.41) is 4.59. The van der Waals surface area contributed by atoms with Crippen LogP contribution >= 0.6 is 23.1 Å². The van der Waals surface area contributed by atoms with Gasteiger partial charge >= 0.3 is 0 Å². The van der Waals surface area contributed by atoms with Gasteiger partial charge in [-0.3, -0.25) is 9.78 Å². The van der Waals surface area contributed by atoms with Crippen molar-refractivity contribution in [3.8, 4) is 0 Å². The standard InChI is InChI=1S/C14H17N3OS2/c1-19-10-4-2-3-9(10)17-14(18)13-12(15)8-5-6-16-7-11(8)20-13/h5-7,9-10H,2-4,15H2,1H3,(H,17,18). The van der Waals surface area contributed by atoms with E-state index in [1.807, 2.05) is 17.8 Å². The fraction of sp³-hybridized carbons (Fsp3) is 0.429. The molecule has 0 saturated heterocycles. The number of rotatable bonds is 3. The summed E-state index contributed by atoms with van der Waals surface area (Å²) in [6, 6.07) is 2.12. The minimum absolute atomic E-state index is 0.0466. The van der Waals surface area contributed by atoms with E-state index in [2.05, 4.69) is 16.6 Å². The quantitative estimate of drug-likeness (QED) is 0.915. The average Bonchev–Trinajstić information content (AvgIpc) is 3.04. The number of nitrogens with one attached hydrogen (secondary N) is 1. The SMILES string of the molecule is CSC1CCCC1NC(=O)c1sc2cnccc2c1N. The van der Waals surface area contributed by atoms with Gasteiger partial charge in [0.2, 0.25) is 0 Å². The molecule has 4 nitrogen and oxygen atoms in total. The predicted octanol–water partition coefficient (Wildman–Crippen LogP) is 2.89. The Hall–Kier alpha value is -1.27. The highest BCUT2D eigenvalue weighted by Crippen LogP contribution is 2.34. The minimum Gasteiger partial charge on any atom is -0.397 e. The summed E-state index contributed by atoms with van der Waals surface area (Å²) in [6.07, 6.45) is 8.99. The number of thioether (sulfide) groups is 1. The van der Waals surface area contributed by atoms with Crippen molar-refractivity contribution in [3.05, 3.63) is 23.3 Å². The van der Waals surface area contributed by atoms with Crippen LogP contribution in [0.1, 0.15) is 28.9 Å². The number of hydrogen-bond donors (Lipinski definition) is 2. The molecule has 2 atom stereocenters. The monoisotopic (exact) mass is 307 g/mol. The first-order valence-electron chi connectivity index (χ1n) is 6.66. The number of carbonyl (C=O) groups excluding carboxylic acids is 1. The third-order valence-corrected chi connectivity index (χ3v) is 6.13. The van der Waals surface area contributed by atoms with E-state index in [0.717, 1.165) is 16.5 Å². The molecule has 1 aliphatic carbocycles. The van der Waals surface area contributed by atoms with Crippen molar-refractivity contribution >= 4 is 44.8 Å². The summed E-state index contributed by atoms with van der Waals surface area (Å²) in [4.78, 5) is 17.1. The third-order valence-electron chi connectivity index (χ3n) is 3.81. The average molecular weight is 307 g/mol. The highest BCUT2D eigenvalue weighted by Gasteiger charge is 2.29. The molecular weight excluding hydrogens is 290 g/mol. The molecule has 0 aromatic carbocycles. The number of thiophene rings is 1. The topological polar surface area (TPSA) is 68.0 Å². The Kier molecular flexibility index (Phi) is 3.85. The van der Waals surface area contributed by atoms with Gasteiger partial charge < -0.3 is 11.1 Å².